The molecule has 3 nitrogen and oxygen atoms in total. The standard InChI is InChI=1S/C26H17FI3O3S/c27-17-6-10-21(11-7-17)34(20-4-2-1-3-5-20)22-12-8-19(9-13-22)32-16-25(31)33-26-23(29)14-18(28)15-24(26)30/h1-15H,16H2/q+1. The van der Waals surface area contributed by atoms with E-state index in [1.165, 1.54) is 12.1 Å². The van der Waals surface area contributed by atoms with Gasteiger partial charge in [-0.15, -0.1) is 0 Å². The first kappa shape index (κ1) is 25.7. The third kappa shape index (κ3) is 6.64. The van der Waals surface area contributed by atoms with Gasteiger partial charge in [-0.3, -0.25) is 0 Å². The molecule has 0 aliphatic rings. The Morgan fingerprint density at radius 3 is 1.88 bits per heavy atom. The average Bonchev–Trinajstić information content (AvgIpc) is 2.83. The van der Waals surface area contributed by atoms with E-state index in [0.717, 1.165) is 25.4 Å². The summed E-state index contributed by atoms with van der Waals surface area (Å²) >= 11 is 6.55. The van der Waals surface area contributed by atoms with Crippen LogP contribution in [0.3, 0.4) is 0 Å². The van der Waals surface area contributed by atoms with Gasteiger partial charge < -0.3 is 9.47 Å². The zero-order valence-corrected chi connectivity index (χ0v) is 24.8. The predicted molar refractivity (Wildman–Crippen MR) is 157 cm³/mol. The van der Waals surface area contributed by atoms with Crippen LogP contribution in [0.4, 0.5) is 4.39 Å². The van der Waals surface area contributed by atoms with Crippen molar-refractivity contribution >= 4 is 84.6 Å². The van der Waals surface area contributed by atoms with Crippen LogP contribution in [0.5, 0.6) is 11.5 Å². The summed E-state index contributed by atoms with van der Waals surface area (Å²) in [6.07, 6.45) is 0. The van der Waals surface area contributed by atoms with Gasteiger partial charge in [0.2, 0.25) is 0 Å². The number of carbonyl (C=O) groups excluding carboxylic acids is 1. The molecule has 34 heavy (non-hydrogen) atoms. The fraction of sp³-hybridized carbons (Fsp3) is 0.0385. The third-order valence-electron chi connectivity index (χ3n) is 4.62. The second kappa shape index (κ2) is 12.0. The van der Waals surface area contributed by atoms with Crippen molar-refractivity contribution in [2.75, 3.05) is 6.61 Å². The lowest BCUT2D eigenvalue weighted by Crippen LogP contribution is -2.18. The smallest absolute Gasteiger partial charge is 0.349 e. The second-order valence-corrected chi connectivity index (χ2v) is 12.6. The Kier molecular flexibility index (Phi) is 9.10. The maximum absolute atomic E-state index is 13.5. The maximum atomic E-state index is 13.5. The van der Waals surface area contributed by atoms with Crippen LogP contribution in [-0.2, 0) is 15.7 Å². The molecule has 0 bridgehead atoms. The predicted octanol–water partition coefficient (Wildman–Crippen LogP) is 7.72. The summed E-state index contributed by atoms with van der Waals surface area (Å²) in [5.74, 6) is 0.405. The van der Waals surface area contributed by atoms with Gasteiger partial charge in [-0.2, -0.15) is 0 Å². The van der Waals surface area contributed by atoms with Gasteiger partial charge in [-0.05, 0) is 141 Å². The van der Waals surface area contributed by atoms with E-state index in [0.29, 0.717) is 11.5 Å². The third-order valence-corrected chi connectivity index (χ3v) is 9.08. The molecule has 0 heterocycles. The number of carbonyl (C=O) groups is 1. The molecule has 8 heteroatoms. The Labute approximate surface area is 241 Å². The summed E-state index contributed by atoms with van der Waals surface area (Å²) in [5.41, 5.74) is 0. The molecule has 4 aromatic carbocycles. The largest absolute Gasteiger partial charge is 0.482 e. The molecule has 0 saturated heterocycles. The summed E-state index contributed by atoms with van der Waals surface area (Å²) in [6.45, 7) is -0.195. The van der Waals surface area contributed by atoms with Crippen LogP contribution >= 0.6 is 67.8 Å². The fourth-order valence-corrected chi connectivity index (χ4v) is 8.98. The van der Waals surface area contributed by atoms with Gasteiger partial charge in [0.15, 0.2) is 27.0 Å². The highest BCUT2D eigenvalue weighted by molar-refractivity contribution is 14.1. The Morgan fingerprint density at radius 1 is 0.765 bits per heavy atom. The number of esters is 1. The van der Waals surface area contributed by atoms with Gasteiger partial charge in [-0.25, -0.2) is 9.18 Å². The van der Waals surface area contributed by atoms with Gasteiger partial charge in [0.25, 0.3) is 0 Å². The number of halogens is 4. The van der Waals surface area contributed by atoms with E-state index in [2.05, 4.69) is 79.9 Å². The lowest BCUT2D eigenvalue weighted by molar-refractivity contribution is -0.136. The Hall–Kier alpha value is -1.38. The van der Waals surface area contributed by atoms with Crippen molar-refractivity contribution in [2.24, 2.45) is 0 Å². The van der Waals surface area contributed by atoms with Crippen LogP contribution in [0, 0.1) is 16.5 Å². The SMILES string of the molecule is O=C(COc1ccc([S+](c2ccccc2)c2ccc(F)cc2)cc1)Oc1c(I)cc(I)cc1I. The van der Waals surface area contributed by atoms with Gasteiger partial charge in [0.05, 0.1) is 18.0 Å². The first-order chi connectivity index (χ1) is 16.4. The first-order valence-corrected chi connectivity index (χ1v) is 14.5. The van der Waals surface area contributed by atoms with E-state index in [1.54, 1.807) is 0 Å². The topological polar surface area (TPSA) is 35.5 Å². The zero-order valence-electron chi connectivity index (χ0n) is 17.5. The monoisotopic (exact) mass is 809 g/mol. The van der Waals surface area contributed by atoms with Gasteiger partial charge >= 0.3 is 5.97 Å². The molecule has 1 unspecified atom stereocenters. The zero-order chi connectivity index (χ0) is 24.1. The van der Waals surface area contributed by atoms with Crippen molar-refractivity contribution in [1.29, 1.82) is 0 Å². The fourth-order valence-electron chi connectivity index (χ4n) is 3.12. The highest BCUT2D eigenvalue weighted by Gasteiger charge is 2.28. The van der Waals surface area contributed by atoms with Gasteiger partial charge in [0, 0.05) is 3.57 Å². The molecule has 0 aliphatic carbocycles. The van der Waals surface area contributed by atoms with Crippen LogP contribution in [0.1, 0.15) is 0 Å². The molecule has 0 fully saturated rings. The van der Waals surface area contributed by atoms with Crippen molar-refractivity contribution in [1.82, 2.24) is 0 Å². The van der Waals surface area contributed by atoms with E-state index in [1.807, 2.05) is 66.7 Å². The molecule has 0 amide bonds. The molecule has 0 N–H and O–H groups in total. The van der Waals surface area contributed by atoms with E-state index < -0.39 is 16.9 Å². The van der Waals surface area contributed by atoms with Crippen LogP contribution in [0.15, 0.2) is 106 Å². The summed E-state index contributed by atoms with van der Waals surface area (Å²) in [7, 11) is -0.394. The van der Waals surface area contributed by atoms with E-state index in [9.17, 15) is 9.18 Å². The van der Waals surface area contributed by atoms with Gasteiger partial charge in [-0.1, -0.05) is 18.2 Å². The summed E-state index contributed by atoms with van der Waals surface area (Å²) in [6, 6.07) is 28.3. The van der Waals surface area contributed by atoms with Gasteiger partial charge in [0.1, 0.15) is 11.6 Å². The number of hydrogen-bond donors (Lipinski definition) is 0. The lowest BCUT2D eigenvalue weighted by atomic mass is 10.3. The molecule has 4 rings (SSSR count). The first-order valence-electron chi connectivity index (χ1n) is 10.0. The molecule has 0 spiro atoms. The minimum Gasteiger partial charge on any atom is -0.482 e. The van der Waals surface area contributed by atoms with Crippen molar-refractivity contribution < 1.29 is 18.7 Å². The minimum atomic E-state index is -0.462. The van der Waals surface area contributed by atoms with Crippen LogP contribution in [-0.4, -0.2) is 12.6 Å². The summed E-state index contributed by atoms with van der Waals surface area (Å²) < 4.78 is 27.5. The lowest BCUT2D eigenvalue weighted by Gasteiger charge is -2.11. The number of hydrogen-bond acceptors (Lipinski definition) is 3. The average molecular weight is 809 g/mol. The number of ether oxygens (including phenoxy) is 2. The highest BCUT2D eigenvalue weighted by Crippen LogP contribution is 2.32. The molecule has 1 atom stereocenters. The number of benzene rings is 4. The Bertz CT molecular complexity index is 1260. The Balaban J connectivity index is 1.47. The molecule has 0 aliphatic heterocycles. The van der Waals surface area contributed by atoms with Crippen molar-refractivity contribution in [3.05, 3.63) is 108 Å². The summed E-state index contributed by atoms with van der Waals surface area (Å²) in [4.78, 5) is 15.6. The maximum Gasteiger partial charge on any atom is 0.349 e. The number of rotatable bonds is 7. The molecule has 0 aromatic heterocycles. The van der Waals surface area contributed by atoms with Crippen molar-refractivity contribution in [2.45, 2.75) is 14.7 Å². The van der Waals surface area contributed by atoms with Crippen LogP contribution in [0.2, 0.25) is 0 Å². The highest BCUT2D eigenvalue weighted by atomic mass is 127. The Morgan fingerprint density at radius 2 is 1.29 bits per heavy atom. The van der Waals surface area contributed by atoms with E-state index in [-0.39, 0.29) is 12.4 Å². The molecule has 4 aromatic rings. The van der Waals surface area contributed by atoms with Crippen LogP contribution in [0.25, 0.3) is 0 Å². The second-order valence-electron chi connectivity index (χ2n) is 7.01. The minimum absolute atomic E-state index is 0.195. The van der Waals surface area contributed by atoms with Crippen LogP contribution < -0.4 is 9.47 Å². The molecular formula is C26H17FI3O3S+. The van der Waals surface area contributed by atoms with Crippen molar-refractivity contribution in [3.8, 4) is 11.5 Å². The van der Waals surface area contributed by atoms with E-state index >= 15 is 0 Å². The molecule has 0 saturated carbocycles. The summed E-state index contributed by atoms with van der Waals surface area (Å²) in [5, 5.41) is 0. The molecule has 0 radical (unpaired) electrons. The van der Waals surface area contributed by atoms with Crippen molar-refractivity contribution in [3.63, 3.8) is 0 Å². The quantitative estimate of drug-likeness (QED) is 0.0831. The molecule has 172 valence electrons. The molecular weight excluding hydrogens is 792 g/mol. The normalized spacial score (nSPS) is 11.6. The van der Waals surface area contributed by atoms with E-state index in [4.69, 9.17) is 9.47 Å².